The number of allylic oxidation sites excluding steroid dienone is 1. The fraction of sp³-hybridized carbons (Fsp3) is 0.812. The predicted octanol–water partition coefficient (Wildman–Crippen LogP) is 4.32. The van der Waals surface area contributed by atoms with Crippen LogP contribution in [-0.2, 0) is 9.22 Å². The van der Waals surface area contributed by atoms with Crippen LogP contribution in [0, 0.1) is 11.3 Å². The molecule has 2 atom stereocenters. The molecule has 0 aromatic heterocycles. The molecule has 2 nitrogen and oxygen atoms in total. The number of rotatable bonds is 2. The molecule has 1 fully saturated rings. The molecule has 0 unspecified atom stereocenters. The lowest BCUT2D eigenvalue weighted by molar-refractivity contribution is -0.114. The second-order valence-electron chi connectivity index (χ2n) is 8.46. The smallest absolute Gasteiger partial charge is 0.192 e. The third-order valence-corrected chi connectivity index (χ3v) is 9.69. The molecule has 0 aliphatic heterocycles. The molecule has 3 heteroatoms. The molecular weight excluding hydrogens is 252 g/mol. The molecule has 0 aromatic carbocycles. The fourth-order valence-corrected chi connectivity index (χ4v) is 4.49. The predicted molar refractivity (Wildman–Crippen MR) is 81.7 cm³/mol. The van der Waals surface area contributed by atoms with E-state index in [0.29, 0.717) is 18.1 Å². The average Bonchev–Trinajstić information content (AvgIpc) is 2.61. The Morgan fingerprint density at radius 2 is 1.89 bits per heavy atom. The number of carbonyl (C=O) groups excluding carboxylic acids is 1. The van der Waals surface area contributed by atoms with Gasteiger partial charge in [-0.3, -0.25) is 4.79 Å². The summed E-state index contributed by atoms with van der Waals surface area (Å²) in [6, 6.07) is 0. The van der Waals surface area contributed by atoms with E-state index in [9.17, 15) is 4.79 Å². The van der Waals surface area contributed by atoms with Gasteiger partial charge in [-0.05, 0) is 47.5 Å². The summed E-state index contributed by atoms with van der Waals surface area (Å²) in [6.45, 7) is 16.0. The van der Waals surface area contributed by atoms with Gasteiger partial charge < -0.3 is 4.43 Å². The van der Waals surface area contributed by atoms with Crippen molar-refractivity contribution in [3.05, 3.63) is 11.6 Å². The van der Waals surface area contributed by atoms with Gasteiger partial charge in [0.2, 0.25) is 0 Å². The number of hydrogen-bond donors (Lipinski definition) is 0. The van der Waals surface area contributed by atoms with Crippen molar-refractivity contribution in [2.75, 3.05) is 0 Å². The molecule has 2 aliphatic rings. The Morgan fingerprint density at radius 3 is 2.42 bits per heavy atom. The zero-order valence-corrected chi connectivity index (χ0v) is 14.5. The Morgan fingerprint density at radius 1 is 1.32 bits per heavy atom. The van der Waals surface area contributed by atoms with Gasteiger partial charge >= 0.3 is 0 Å². The third kappa shape index (κ3) is 2.59. The van der Waals surface area contributed by atoms with E-state index < -0.39 is 8.32 Å². The van der Waals surface area contributed by atoms with Crippen molar-refractivity contribution in [2.24, 2.45) is 11.3 Å². The fourth-order valence-electron chi connectivity index (χ4n) is 3.10. The Bertz CT molecular complexity index is 427. The van der Waals surface area contributed by atoms with Crippen LogP contribution >= 0.6 is 0 Å². The quantitative estimate of drug-likeness (QED) is 0.704. The van der Waals surface area contributed by atoms with Gasteiger partial charge in [-0.25, -0.2) is 0 Å². The highest BCUT2D eigenvalue weighted by Gasteiger charge is 2.51. The van der Waals surface area contributed by atoms with Gasteiger partial charge in [-0.15, -0.1) is 0 Å². The van der Waals surface area contributed by atoms with Crippen molar-refractivity contribution in [2.45, 2.75) is 71.7 Å². The molecule has 0 heterocycles. The summed E-state index contributed by atoms with van der Waals surface area (Å²) in [6.07, 6.45) is 3.81. The second-order valence-corrected chi connectivity index (χ2v) is 13.2. The lowest BCUT2D eigenvalue weighted by Crippen LogP contribution is -2.46. The van der Waals surface area contributed by atoms with Crippen LogP contribution in [0.25, 0.3) is 0 Å². The van der Waals surface area contributed by atoms with Gasteiger partial charge in [0.1, 0.15) is 0 Å². The van der Waals surface area contributed by atoms with Crippen LogP contribution in [0.5, 0.6) is 0 Å². The van der Waals surface area contributed by atoms with Gasteiger partial charge in [0.05, 0.1) is 6.10 Å². The van der Waals surface area contributed by atoms with Crippen molar-refractivity contribution in [1.82, 2.24) is 0 Å². The van der Waals surface area contributed by atoms with Crippen molar-refractivity contribution < 1.29 is 9.22 Å². The molecule has 0 saturated heterocycles. The zero-order valence-electron chi connectivity index (χ0n) is 13.5. The van der Waals surface area contributed by atoms with Gasteiger partial charge in [0.15, 0.2) is 14.1 Å². The summed E-state index contributed by atoms with van der Waals surface area (Å²) < 4.78 is 6.66. The first-order valence-electron chi connectivity index (χ1n) is 7.36. The maximum Gasteiger partial charge on any atom is 0.192 e. The van der Waals surface area contributed by atoms with E-state index in [4.69, 9.17) is 4.43 Å². The minimum Gasteiger partial charge on any atom is -0.410 e. The van der Waals surface area contributed by atoms with Crippen molar-refractivity contribution in [3.8, 4) is 0 Å². The molecular formula is C16H28O2Si. The van der Waals surface area contributed by atoms with Gasteiger partial charge in [-0.2, -0.15) is 0 Å². The van der Waals surface area contributed by atoms with E-state index in [2.05, 4.69) is 47.7 Å². The lowest BCUT2D eigenvalue weighted by Gasteiger charge is -2.42. The minimum atomic E-state index is -1.79. The van der Waals surface area contributed by atoms with Crippen LogP contribution in [0.3, 0.4) is 0 Å². The molecule has 19 heavy (non-hydrogen) atoms. The number of fused-ring (bicyclic) bond motifs is 1. The Hall–Kier alpha value is -0.413. The van der Waals surface area contributed by atoms with E-state index in [1.54, 1.807) is 0 Å². The van der Waals surface area contributed by atoms with Crippen LogP contribution in [0.15, 0.2) is 11.6 Å². The number of ketones is 1. The molecule has 0 amide bonds. The second kappa shape index (κ2) is 4.29. The zero-order chi connectivity index (χ0) is 14.6. The van der Waals surface area contributed by atoms with Crippen molar-refractivity contribution in [1.29, 1.82) is 0 Å². The first-order valence-corrected chi connectivity index (χ1v) is 10.3. The summed E-state index contributed by atoms with van der Waals surface area (Å²) in [7, 11) is -1.79. The highest BCUT2D eigenvalue weighted by Crippen LogP contribution is 2.52. The largest absolute Gasteiger partial charge is 0.410 e. The normalized spacial score (nSPS) is 30.5. The number of hydrogen-bond acceptors (Lipinski definition) is 2. The van der Waals surface area contributed by atoms with E-state index in [-0.39, 0.29) is 16.6 Å². The SMILES string of the molecule is CC1(C)C[C@H]2CC(=O)C=C2[C@@H]1O[Si](C)(C)C(C)(C)C. The summed E-state index contributed by atoms with van der Waals surface area (Å²) in [5, 5.41) is 0.213. The van der Waals surface area contributed by atoms with Gasteiger partial charge in [0.25, 0.3) is 0 Å². The maximum absolute atomic E-state index is 11.7. The molecule has 0 radical (unpaired) electrons. The molecule has 108 valence electrons. The molecule has 0 spiro atoms. The summed E-state index contributed by atoms with van der Waals surface area (Å²) >= 11 is 0. The summed E-state index contributed by atoms with van der Waals surface area (Å²) in [4.78, 5) is 11.7. The first kappa shape index (κ1) is 15.0. The minimum absolute atomic E-state index is 0.143. The molecule has 0 aromatic rings. The summed E-state index contributed by atoms with van der Waals surface area (Å²) in [5.41, 5.74) is 1.44. The van der Waals surface area contributed by atoms with E-state index >= 15 is 0 Å². The Labute approximate surface area is 118 Å². The van der Waals surface area contributed by atoms with Crippen LogP contribution in [0.2, 0.25) is 18.1 Å². The van der Waals surface area contributed by atoms with E-state index in [1.165, 1.54) is 5.57 Å². The van der Waals surface area contributed by atoms with Crippen LogP contribution in [0.4, 0.5) is 0 Å². The third-order valence-electron chi connectivity index (χ3n) is 5.25. The molecule has 0 N–H and O–H groups in total. The lowest BCUT2D eigenvalue weighted by atomic mass is 9.87. The molecule has 2 aliphatic carbocycles. The van der Waals surface area contributed by atoms with Crippen LogP contribution < -0.4 is 0 Å². The first-order chi connectivity index (χ1) is 8.44. The van der Waals surface area contributed by atoms with Crippen molar-refractivity contribution >= 4 is 14.1 Å². The van der Waals surface area contributed by atoms with Crippen LogP contribution in [0.1, 0.15) is 47.5 Å². The van der Waals surface area contributed by atoms with E-state index in [0.717, 1.165) is 6.42 Å². The highest BCUT2D eigenvalue weighted by molar-refractivity contribution is 6.74. The van der Waals surface area contributed by atoms with Crippen molar-refractivity contribution in [3.63, 3.8) is 0 Å². The summed E-state index contributed by atoms with van der Waals surface area (Å²) in [5.74, 6) is 0.733. The molecule has 2 rings (SSSR count). The monoisotopic (exact) mass is 280 g/mol. The van der Waals surface area contributed by atoms with Gasteiger partial charge in [0, 0.05) is 6.42 Å². The Balaban J connectivity index is 2.28. The Kier molecular flexibility index (Phi) is 3.38. The topological polar surface area (TPSA) is 26.3 Å². The number of carbonyl (C=O) groups is 1. The van der Waals surface area contributed by atoms with E-state index in [1.807, 2.05) is 6.08 Å². The van der Waals surface area contributed by atoms with Gasteiger partial charge in [-0.1, -0.05) is 34.6 Å². The maximum atomic E-state index is 11.7. The molecule has 0 bridgehead atoms. The standard InChI is InChI=1S/C16H28O2Si/c1-15(2,3)19(6,7)18-14-13-9-12(17)8-11(13)10-16(14,4)5/h9,11,14H,8,10H2,1-7H3/t11-,14+/m1/s1. The van der Waals surface area contributed by atoms with Crippen LogP contribution in [-0.4, -0.2) is 20.2 Å². The highest BCUT2D eigenvalue weighted by atomic mass is 28.4. The average molecular weight is 280 g/mol. The molecule has 1 saturated carbocycles.